The summed E-state index contributed by atoms with van der Waals surface area (Å²) in [6.07, 6.45) is 4.36. The molecule has 0 aliphatic heterocycles. The summed E-state index contributed by atoms with van der Waals surface area (Å²) in [4.78, 5) is 23.8. The van der Waals surface area contributed by atoms with Crippen LogP contribution in [0.4, 0.5) is 0 Å². The second kappa shape index (κ2) is 6.89. The summed E-state index contributed by atoms with van der Waals surface area (Å²) in [6.45, 7) is -0.114. The molecule has 1 aromatic rings. The summed E-state index contributed by atoms with van der Waals surface area (Å²) in [7, 11) is 0. The fourth-order valence-electron chi connectivity index (χ4n) is 2.58. The molecular weight excluding hydrogens is 266 g/mol. The summed E-state index contributed by atoms with van der Waals surface area (Å²) >= 11 is 0. The van der Waals surface area contributed by atoms with Crippen LogP contribution >= 0.6 is 0 Å². The minimum absolute atomic E-state index is 0.114. The van der Waals surface area contributed by atoms with E-state index in [0.717, 1.165) is 19.3 Å². The Kier molecular flexibility index (Phi) is 4.94. The van der Waals surface area contributed by atoms with Crippen molar-refractivity contribution in [2.75, 3.05) is 6.54 Å². The van der Waals surface area contributed by atoms with Crippen LogP contribution in [0.5, 0.6) is 0 Å². The number of hydrogen-bond acceptors (Lipinski definition) is 3. The number of amides is 2. The maximum Gasteiger partial charge on any atom is 0.251 e. The third-order valence-electron chi connectivity index (χ3n) is 3.75. The van der Waals surface area contributed by atoms with Gasteiger partial charge in [0, 0.05) is 5.56 Å². The summed E-state index contributed by atoms with van der Waals surface area (Å²) in [6, 6.07) is 10.9. The van der Waals surface area contributed by atoms with Crippen LogP contribution in [0.15, 0.2) is 30.3 Å². The predicted molar refractivity (Wildman–Crippen MR) is 78.3 cm³/mol. The van der Waals surface area contributed by atoms with Crippen LogP contribution < -0.4 is 10.6 Å². The zero-order valence-corrected chi connectivity index (χ0v) is 11.9. The maximum absolute atomic E-state index is 11.9. The Morgan fingerprint density at radius 1 is 1.14 bits per heavy atom. The number of hydrogen-bond donors (Lipinski definition) is 2. The van der Waals surface area contributed by atoms with Crippen molar-refractivity contribution < 1.29 is 9.59 Å². The Bertz CT molecular complexity index is 542. The van der Waals surface area contributed by atoms with Gasteiger partial charge < -0.3 is 10.6 Å². The molecule has 1 fully saturated rings. The molecule has 2 amide bonds. The monoisotopic (exact) mass is 285 g/mol. The maximum atomic E-state index is 11.9. The van der Waals surface area contributed by atoms with Crippen LogP contribution in [0.2, 0.25) is 0 Å². The average molecular weight is 285 g/mol. The highest BCUT2D eigenvalue weighted by molar-refractivity contribution is 5.96. The van der Waals surface area contributed by atoms with Crippen molar-refractivity contribution in [3.63, 3.8) is 0 Å². The number of nitrogens with zero attached hydrogens (tertiary/aromatic N) is 1. The Labute approximate surface area is 124 Å². The topological polar surface area (TPSA) is 82.0 Å². The van der Waals surface area contributed by atoms with E-state index in [4.69, 9.17) is 0 Å². The normalized spacial score (nSPS) is 16.5. The summed E-state index contributed by atoms with van der Waals surface area (Å²) in [5.41, 5.74) is -0.245. The molecule has 1 aromatic carbocycles. The Balaban J connectivity index is 1.85. The van der Waals surface area contributed by atoms with Gasteiger partial charge in [-0.05, 0) is 25.0 Å². The number of benzene rings is 1. The highest BCUT2D eigenvalue weighted by Gasteiger charge is 2.33. The van der Waals surface area contributed by atoms with Gasteiger partial charge in [-0.15, -0.1) is 0 Å². The van der Waals surface area contributed by atoms with Crippen LogP contribution in [-0.4, -0.2) is 23.9 Å². The van der Waals surface area contributed by atoms with E-state index in [1.165, 1.54) is 0 Å². The van der Waals surface area contributed by atoms with E-state index in [0.29, 0.717) is 18.4 Å². The smallest absolute Gasteiger partial charge is 0.251 e. The van der Waals surface area contributed by atoms with Crippen molar-refractivity contribution in [3.05, 3.63) is 35.9 Å². The van der Waals surface area contributed by atoms with E-state index in [9.17, 15) is 14.9 Å². The number of rotatable bonds is 4. The zero-order chi connectivity index (χ0) is 15.1. The van der Waals surface area contributed by atoms with Gasteiger partial charge in [-0.1, -0.05) is 37.5 Å². The first-order valence-electron chi connectivity index (χ1n) is 7.21. The van der Waals surface area contributed by atoms with E-state index in [2.05, 4.69) is 16.7 Å². The van der Waals surface area contributed by atoms with Crippen LogP contribution in [0.1, 0.15) is 42.5 Å². The van der Waals surface area contributed by atoms with E-state index in [-0.39, 0.29) is 18.4 Å². The molecule has 0 saturated heterocycles. The van der Waals surface area contributed by atoms with Crippen molar-refractivity contribution in [2.24, 2.45) is 0 Å². The lowest BCUT2D eigenvalue weighted by Gasteiger charge is -2.31. The molecule has 0 aromatic heterocycles. The van der Waals surface area contributed by atoms with Gasteiger partial charge in [-0.2, -0.15) is 5.26 Å². The predicted octanol–water partition coefficient (Wildman–Crippen LogP) is 1.76. The number of nitrogens with one attached hydrogen (secondary N) is 2. The van der Waals surface area contributed by atoms with Crippen LogP contribution in [0.3, 0.4) is 0 Å². The quantitative estimate of drug-likeness (QED) is 0.884. The van der Waals surface area contributed by atoms with Gasteiger partial charge in [0.05, 0.1) is 12.6 Å². The standard InChI is InChI=1S/C16H19N3O2/c17-12-16(9-5-2-6-10-16)19-14(20)11-18-15(21)13-7-3-1-4-8-13/h1,3-4,7-8H,2,5-6,9-11H2,(H,18,21)(H,19,20). The van der Waals surface area contributed by atoms with Crippen LogP contribution in [0, 0.1) is 11.3 Å². The lowest BCUT2D eigenvalue weighted by molar-refractivity contribution is -0.121. The van der Waals surface area contributed by atoms with Gasteiger partial charge in [0.1, 0.15) is 5.54 Å². The summed E-state index contributed by atoms with van der Waals surface area (Å²) in [5.74, 6) is -0.608. The molecule has 0 unspecified atom stereocenters. The molecule has 0 heterocycles. The highest BCUT2D eigenvalue weighted by atomic mass is 16.2. The molecule has 5 nitrogen and oxygen atoms in total. The molecule has 0 radical (unpaired) electrons. The molecule has 1 saturated carbocycles. The van der Waals surface area contributed by atoms with Crippen molar-refractivity contribution >= 4 is 11.8 Å². The Morgan fingerprint density at radius 3 is 2.43 bits per heavy atom. The molecule has 0 spiro atoms. The largest absolute Gasteiger partial charge is 0.343 e. The van der Waals surface area contributed by atoms with Crippen molar-refractivity contribution in [2.45, 2.75) is 37.6 Å². The SMILES string of the molecule is N#CC1(NC(=O)CNC(=O)c2ccccc2)CCCCC1. The van der Waals surface area contributed by atoms with E-state index in [1.807, 2.05) is 6.07 Å². The minimum atomic E-state index is -0.757. The van der Waals surface area contributed by atoms with Gasteiger partial charge in [0.25, 0.3) is 5.91 Å². The number of carbonyl (C=O) groups excluding carboxylic acids is 2. The van der Waals surface area contributed by atoms with Crippen molar-refractivity contribution in [1.82, 2.24) is 10.6 Å². The molecule has 110 valence electrons. The zero-order valence-electron chi connectivity index (χ0n) is 11.9. The fourth-order valence-corrected chi connectivity index (χ4v) is 2.58. The lowest BCUT2D eigenvalue weighted by atomic mass is 9.83. The summed E-state index contributed by atoms with van der Waals surface area (Å²) < 4.78 is 0. The highest BCUT2D eigenvalue weighted by Crippen LogP contribution is 2.27. The second-order valence-corrected chi connectivity index (χ2v) is 5.35. The van der Waals surface area contributed by atoms with Gasteiger partial charge in [0.2, 0.25) is 5.91 Å². The fraction of sp³-hybridized carbons (Fsp3) is 0.438. The molecule has 2 rings (SSSR count). The first kappa shape index (κ1) is 15.0. The van der Waals surface area contributed by atoms with Crippen LogP contribution in [-0.2, 0) is 4.79 Å². The van der Waals surface area contributed by atoms with Gasteiger partial charge in [-0.3, -0.25) is 9.59 Å². The van der Waals surface area contributed by atoms with Crippen LogP contribution in [0.25, 0.3) is 0 Å². The second-order valence-electron chi connectivity index (χ2n) is 5.35. The third kappa shape index (κ3) is 4.06. The average Bonchev–Trinajstić information content (AvgIpc) is 2.54. The Hall–Kier alpha value is -2.35. The van der Waals surface area contributed by atoms with E-state index >= 15 is 0 Å². The van der Waals surface area contributed by atoms with Gasteiger partial charge in [-0.25, -0.2) is 0 Å². The minimum Gasteiger partial charge on any atom is -0.343 e. The number of carbonyl (C=O) groups is 2. The summed E-state index contributed by atoms with van der Waals surface area (Å²) in [5, 5.41) is 14.6. The molecular formula is C16H19N3O2. The molecule has 0 bridgehead atoms. The van der Waals surface area contributed by atoms with Crippen molar-refractivity contribution in [1.29, 1.82) is 5.26 Å². The van der Waals surface area contributed by atoms with Crippen molar-refractivity contribution in [3.8, 4) is 6.07 Å². The molecule has 5 heteroatoms. The first-order chi connectivity index (χ1) is 10.2. The van der Waals surface area contributed by atoms with Gasteiger partial charge in [0.15, 0.2) is 0 Å². The first-order valence-corrected chi connectivity index (χ1v) is 7.21. The van der Waals surface area contributed by atoms with E-state index in [1.54, 1.807) is 24.3 Å². The number of nitriles is 1. The molecule has 1 aliphatic rings. The third-order valence-corrected chi connectivity index (χ3v) is 3.75. The lowest BCUT2D eigenvalue weighted by Crippen LogP contribution is -2.51. The Morgan fingerprint density at radius 2 is 1.81 bits per heavy atom. The molecule has 2 N–H and O–H groups in total. The molecule has 0 atom stereocenters. The molecule has 21 heavy (non-hydrogen) atoms. The van der Waals surface area contributed by atoms with E-state index < -0.39 is 5.54 Å². The molecule has 1 aliphatic carbocycles. The van der Waals surface area contributed by atoms with Gasteiger partial charge >= 0.3 is 0 Å².